The summed E-state index contributed by atoms with van der Waals surface area (Å²) in [5, 5.41) is 2.54. The van der Waals surface area contributed by atoms with Crippen molar-refractivity contribution in [1.82, 2.24) is 9.80 Å². The Hall–Kier alpha value is -3.03. The third-order valence-electron chi connectivity index (χ3n) is 6.14. The van der Waals surface area contributed by atoms with Gasteiger partial charge in [0.05, 0.1) is 13.2 Å². The first kappa shape index (κ1) is 25.1. The van der Waals surface area contributed by atoms with Crippen LogP contribution in [0.1, 0.15) is 40.7 Å². The average Bonchev–Trinajstić information content (AvgIpc) is 3.34. The molecule has 0 radical (unpaired) electrons. The highest BCUT2D eigenvalue weighted by Crippen LogP contribution is 2.35. The van der Waals surface area contributed by atoms with Crippen LogP contribution in [0, 0.1) is 0 Å². The van der Waals surface area contributed by atoms with E-state index in [-0.39, 0.29) is 30.4 Å². The molecular weight excluding hydrogens is 484 g/mol. The van der Waals surface area contributed by atoms with Crippen molar-refractivity contribution in [2.45, 2.75) is 32.4 Å². The maximum atomic E-state index is 13.6. The Morgan fingerprint density at radius 2 is 1.91 bits per heavy atom. The van der Waals surface area contributed by atoms with Crippen LogP contribution >= 0.6 is 22.9 Å². The normalized spacial score (nSPS) is 15.0. The van der Waals surface area contributed by atoms with Gasteiger partial charge in [0, 0.05) is 28.0 Å². The Labute approximate surface area is 215 Å². The quantitative estimate of drug-likeness (QED) is 0.402. The number of hydrogen-bond acceptors (Lipinski definition) is 5. The molecule has 0 saturated heterocycles. The van der Waals surface area contributed by atoms with Crippen molar-refractivity contribution in [3.63, 3.8) is 0 Å². The standard InChI is InChI=1S/C27H29ClN2O4S/c1-18(2)30(27(32)19-7-6-8-20(28)15-19)16-26(31)29-13-11-25-21(12-14-35-25)22(29)17-34-24-10-5-4-9-23(24)33-3/h4-10,12,14-15,18,22H,11,13,16-17H2,1-3H3. The third kappa shape index (κ3) is 5.63. The topological polar surface area (TPSA) is 59.1 Å². The summed E-state index contributed by atoms with van der Waals surface area (Å²) >= 11 is 7.80. The smallest absolute Gasteiger partial charge is 0.254 e. The van der Waals surface area contributed by atoms with Crippen LogP contribution in [0.4, 0.5) is 0 Å². The van der Waals surface area contributed by atoms with Crippen LogP contribution in [-0.4, -0.2) is 54.5 Å². The van der Waals surface area contributed by atoms with Crippen LogP contribution in [-0.2, 0) is 11.2 Å². The summed E-state index contributed by atoms with van der Waals surface area (Å²) in [5.74, 6) is 0.944. The monoisotopic (exact) mass is 512 g/mol. The maximum Gasteiger partial charge on any atom is 0.254 e. The fourth-order valence-electron chi connectivity index (χ4n) is 4.29. The first-order chi connectivity index (χ1) is 16.9. The Balaban J connectivity index is 1.55. The van der Waals surface area contributed by atoms with Gasteiger partial charge >= 0.3 is 0 Å². The van der Waals surface area contributed by atoms with E-state index >= 15 is 0 Å². The molecule has 0 aliphatic carbocycles. The van der Waals surface area contributed by atoms with Crippen molar-refractivity contribution >= 4 is 34.8 Å². The summed E-state index contributed by atoms with van der Waals surface area (Å²) in [5.41, 5.74) is 1.57. The molecule has 0 saturated carbocycles. The van der Waals surface area contributed by atoms with Crippen LogP contribution in [0.25, 0.3) is 0 Å². The lowest BCUT2D eigenvalue weighted by Crippen LogP contribution is -2.49. The number of carbonyl (C=O) groups is 2. The van der Waals surface area contributed by atoms with Crippen LogP contribution in [0.15, 0.2) is 60.0 Å². The highest BCUT2D eigenvalue weighted by Gasteiger charge is 2.34. The Morgan fingerprint density at radius 3 is 2.63 bits per heavy atom. The lowest BCUT2D eigenvalue weighted by atomic mass is 10.00. The van der Waals surface area contributed by atoms with Gasteiger partial charge in [-0.25, -0.2) is 0 Å². The predicted molar refractivity (Wildman–Crippen MR) is 139 cm³/mol. The molecule has 0 fully saturated rings. The maximum absolute atomic E-state index is 13.6. The van der Waals surface area contributed by atoms with Gasteiger partial charge in [-0.3, -0.25) is 9.59 Å². The molecule has 8 heteroatoms. The minimum Gasteiger partial charge on any atom is -0.493 e. The number of rotatable bonds is 8. The Morgan fingerprint density at radius 1 is 1.14 bits per heavy atom. The van der Waals surface area contributed by atoms with Crippen LogP contribution in [0.2, 0.25) is 5.02 Å². The molecule has 2 amide bonds. The van der Waals surface area contributed by atoms with Gasteiger partial charge in [0.2, 0.25) is 5.91 Å². The second-order valence-electron chi connectivity index (χ2n) is 8.65. The van der Waals surface area contributed by atoms with Crippen molar-refractivity contribution < 1.29 is 19.1 Å². The molecule has 6 nitrogen and oxygen atoms in total. The van der Waals surface area contributed by atoms with Crippen molar-refractivity contribution in [1.29, 1.82) is 0 Å². The molecule has 3 aromatic rings. The highest BCUT2D eigenvalue weighted by atomic mass is 35.5. The Kier molecular flexibility index (Phi) is 7.98. The second kappa shape index (κ2) is 11.1. The van der Waals surface area contributed by atoms with E-state index < -0.39 is 0 Å². The van der Waals surface area contributed by atoms with Crippen LogP contribution in [0.3, 0.4) is 0 Å². The molecule has 1 aromatic heterocycles. The number of hydrogen-bond donors (Lipinski definition) is 0. The van der Waals surface area contributed by atoms with Gasteiger partial charge in [-0.15, -0.1) is 11.3 Å². The van der Waals surface area contributed by atoms with Crippen molar-refractivity contribution in [2.75, 3.05) is 26.8 Å². The van der Waals surface area contributed by atoms with Gasteiger partial charge in [0.25, 0.3) is 5.91 Å². The van der Waals surface area contributed by atoms with Crippen molar-refractivity contribution in [3.05, 3.63) is 81.0 Å². The zero-order valence-electron chi connectivity index (χ0n) is 20.1. The number of ether oxygens (including phenoxy) is 2. The second-order valence-corrected chi connectivity index (χ2v) is 10.1. The van der Waals surface area contributed by atoms with E-state index in [0.717, 1.165) is 12.0 Å². The highest BCUT2D eigenvalue weighted by molar-refractivity contribution is 7.10. The molecule has 2 aromatic carbocycles. The zero-order chi connectivity index (χ0) is 24.9. The van der Waals surface area contributed by atoms with E-state index in [0.29, 0.717) is 35.2 Å². The van der Waals surface area contributed by atoms with E-state index in [2.05, 4.69) is 11.4 Å². The first-order valence-corrected chi connectivity index (χ1v) is 12.8. The van der Waals surface area contributed by atoms with Gasteiger partial charge in [-0.05, 0) is 67.6 Å². The van der Waals surface area contributed by atoms with E-state index in [1.807, 2.05) is 43.0 Å². The number of para-hydroxylation sites is 2. The molecule has 4 rings (SSSR count). The molecule has 1 aliphatic rings. The number of carbonyl (C=O) groups excluding carboxylic acids is 2. The fraction of sp³-hybridized carbons (Fsp3) is 0.333. The minimum atomic E-state index is -0.252. The lowest BCUT2D eigenvalue weighted by molar-refractivity contribution is -0.136. The molecule has 0 spiro atoms. The third-order valence-corrected chi connectivity index (χ3v) is 7.37. The minimum absolute atomic E-state index is 0.0202. The lowest BCUT2D eigenvalue weighted by Gasteiger charge is -2.37. The Bertz CT molecular complexity index is 1200. The summed E-state index contributed by atoms with van der Waals surface area (Å²) < 4.78 is 11.6. The van der Waals surface area contributed by atoms with Crippen LogP contribution in [0.5, 0.6) is 11.5 Å². The van der Waals surface area contributed by atoms with Crippen LogP contribution < -0.4 is 9.47 Å². The number of fused-ring (bicyclic) bond motifs is 1. The van der Waals surface area contributed by atoms with Gasteiger partial charge in [-0.1, -0.05) is 29.8 Å². The zero-order valence-corrected chi connectivity index (χ0v) is 21.6. The average molecular weight is 513 g/mol. The summed E-state index contributed by atoms with van der Waals surface area (Å²) in [7, 11) is 1.60. The number of amides is 2. The van der Waals surface area contributed by atoms with E-state index in [1.165, 1.54) is 4.88 Å². The number of halogens is 1. The van der Waals surface area contributed by atoms with Crippen molar-refractivity contribution in [3.8, 4) is 11.5 Å². The van der Waals surface area contributed by atoms with E-state index in [4.69, 9.17) is 21.1 Å². The number of thiophene rings is 1. The number of benzene rings is 2. The van der Waals surface area contributed by atoms with Gasteiger partial charge in [-0.2, -0.15) is 0 Å². The predicted octanol–water partition coefficient (Wildman–Crippen LogP) is 5.47. The largest absolute Gasteiger partial charge is 0.493 e. The number of methoxy groups -OCH3 is 1. The molecular formula is C27H29ClN2O4S. The molecule has 2 heterocycles. The molecule has 35 heavy (non-hydrogen) atoms. The molecule has 1 atom stereocenters. The summed E-state index contributed by atoms with van der Waals surface area (Å²) in [6, 6.07) is 15.9. The molecule has 184 valence electrons. The summed E-state index contributed by atoms with van der Waals surface area (Å²) in [6.07, 6.45) is 0.786. The van der Waals surface area contributed by atoms with Gasteiger partial charge in [0.1, 0.15) is 13.2 Å². The van der Waals surface area contributed by atoms with Crippen molar-refractivity contribution in [2.24, 2.45) is 0 Å². The molecule has 0 N–H and O–H groups in total. The molecule has 1 aliphatic heterocycles. The SMILES string of the molecule is COc1ccccc1OCC1c2ccsc2CCN1C(=O)CN(C(=O)c1cccc(Cl)c1)C(C)C. The van der Waals surface area contributed by atoms with E-state index in [1.54, 1.807) is 47.6 Å². The number of nitrogens with zero attached hydrogens (tertiary/aromatic N) is 2. The fourth-order valence-corrected chi connectivity index (χ4v) is 5.41. The summed E-state index contributed by atoms with van der Waals surface area (Å²) in [6.45, 7) is 4.66. The van der Waals surface area contributed by atoms with Gasteiger partial charge in [0.15, 0.2) is 11.5 Å². The van der Waals surface area contributed by atoms with Gasteiger partial charge < -0.3 is 19.3 Å². The summed E-state index contributed by atoms with van der Waals surface area (Å²) in [4.78, 5) is 31.6. The van der Waals surface area contributed by atoms with E-state index in [9.17, 15) is 9.59 Å². The molecule has 1 unspecified atom stereocenters. The first-order valence-electron chi connectivity index (χ1n) is 11.6. The molecule has 0 bridgehead atoms.